The van der Waals surface area contributed by atoms with E-state index in [4.69, 9.17) is 11.2 Å². The number of terminal acetylenes is 1. The van der Waals surface area contributed by atoms with Crippen molar-refractivity contribution >= 4 is 11.8 Å². The number of hydrogen-bond donors (Lipinski definition) is 0. The number of ether oxygens (including phenoxy) is 1. The van der Waals surface area contributed by atoms with Gasteiger partial charge in [0.25, 0.3) is 0 Å². The molecule has 1 nitrogen and oxygen atoms in total. The van der Waals surface area contributed by atoms with Crippen LogP contribution >= 0.6 is 11.8 Å². The van der Waals surface area contributed by atoms with E-state index in [2.05, 4.69) is 5.92 Å². The molecule has 0 fully saturated rings. The van der Waals surface area contributed by atoms with Crippen LogP contribution in [0, 0.1) is 12.3 Å². The van der Waals surface area contributed by atoms with Gasteiger partial charge in [-0.25, -0.2) is 0 Å². The summed E-state index contributed by atoms with van der Waals surface area (Å²) in [7, 11) is 1.71. The summed E-state index contributed by atoms with van der Waals surface area (Å²) in [5.74, 6) is 4.50. The van der Waals surface area contributed by atoms with Crippen LogP contribution in [0.15, 0.2) is 0 Å². The van der Waals surface area contributed by atoms with E-state index in [1.807, 2.05) is 0 Å². The van der Waals surface area contributed by atoms with Gasteiger partial charge >= 0.3 is 0 Å². The zero-order valence-electron chi connectivity index (χ0n) is 5.72. The summed E-state index contributed by atoms with van der Waals surface area (Å²) in [6.45, 7) is 0.845. The fourth-order valence-electron chi connectivity index (χ4n) is 0.436. The average molecular weight is 144 g/mol. The van der Waals surface area contributed by atoms with Gasteiger partial charge in [0.15, 0.2) is 0 Å². The molecular weight excluding hydrogens is 132 g/mol. The van der Waals surface area contributed by atoms with Crippen molar-refractivity contribution in [1.29, 1.82) is 0 Å². The highest BCUT2D eigenvalue weighted by Crippen LogP contribution is 1.99. The largest absolute Gasteiger partial charge is 0.385 e. The Morgan fingerprint density at radius 2 is 2.44 bits per heavy atom. The van der Waals surface area contributed by atoms with Crippen molar-refractivity contribution in [2.24, 2.45) is 0 Å². The Hall–Kier alpha value is -0.130. The minimum atomic E-state index is 0.823. The van der Waals surface area contributed by atoms with Crippen molar-refractivity contribution in [3.63, 3.8) is 0 Å². The smallest absolute Gasteiger partial charge is 0.0544 e. The molecule has 0 aromatic heterocycles. The van der Waals surface area contributed by atoms with Crippen LogP contribution in [0.1, 0.15) is 6.42 Å². The van der Waals surface area contributed by atoms with Crippen molar-refractivity contribution in [3.8, 4) is 12.3 Å². The summed E-state index contributed by atoms with van der Waals surface area (Å²) < 4.78 is 4.86. The van der Waals surface area contributed by atoms with Crippen LogP contribution < -0.4 is 0 Å². The molecule has 0 atom stereocenters. The molecule has 0 aliphatic heterocycles. The van der Waals surface area contributed by atoms with Gasteiger partial charge in [-0.1, -0.05) is 5.92 Å². The molecule has 0 spiro atoms. The van der Waals surface area contributed by atoms with E-state index in [0.29, 0.717) is 0 Å². The van der Waals surface area contributed by atoms with Crippen molar-refractivity contribution < 1.29 is 4.74 Å². The fraction of sp³-hybridized carbons (Fsp3) is 0.714. The molecule has 0 N–H and O–H groups in total. The first kappa shape index (κ1) is 8.87. The predicted octanol–water partition coefficient (Wildman–Crippen LogP) is 1.39. The fourth-order valence-corrected chi connectivity index (χ4v) is 1.02. The highest BCUT2D eigenvalue weighted by atomic mass is 32.2. The van der Waals surface area contributed by atoms with E-state index >= 15 is 0 Å². The van der Waals surface area contributed by atoms with E-state index in [1.54, 1.807) is 18.9 Å². The van der Waals surface area contributed by atoms with E-state index in [0.717, 1.165) is 24.5 Å². The molecule has 2 heteroatoms. The monoisotopic (exact) mass is 144 g/mol. The lowest BCUT2D eigenvalue weighted by Crippen LogP contribution is -1.90. The van der Waals surface area contributed by atoms with Crippen LogP contribution in [-0.4, -0.2) is 25.2 Å². The van der Waals surface area contributed by atoms with Crippen LogP contribution in [0.2, 0.25) is 0 Å². The molecule has 0 unspecified atom stereocenters. The van der Waals surface area contributed by atoms with Gasteiger partial charge < -0.3 is 4.74 Å². The minimum Gasteiger partial charge on any atom is -0.385 e. The van der Waals surface area contributed by atoms with Crippen molar-refractivity contribution in [3.05, 3.63) is 0 Å². The van der Waals surface area contributed by atoms with Gasteiger partial charge in [-0.05, 0) is 12.2 Å². The van der Waals surface area contributed by atoms with Gasteiger partial charge in [0.05, 0.1) is 5.75 Å². The normalized spacial score (nSPS) is 8.89. The summed E-state index contributed by atoms with van der Waals surface area (Å²) in [5, 5.41) is 0. The molecule has 0 aliphatic rings. The summed E-state index contributed by atoms with van der Waals surface area (Å²) in [6, 6.07) is 0. The number of hydrogen-bond acceptors (Lipinski definition) is 2. The first-order chi connectivity index (χ1) is 4.41. The summed E-state index contributed by atoms with van der Waals surface area (Å²) in [6.07, 6.45) is 6.14. The Balaban J connectivity index is 2.69. The van der Waals surface area contributed by atoms with Crippen LogP contribution in [-0.2, 0) is 4.74 Å². The maximum absolute atomic E-state index is 5.04. The Labute approximate surface area is 61.2 Å². The van der Waals surface area contributed by atoms with Gasteiger partial charge in [0.2, 0.25) is 0 Å². The predicted molar refractivity (Wildman–Crippen MR) is 42.7 cm³/mol. The molecule has 0 bridgehead atoms. The molecule has 52 valence electrons. The molecule has 0 radical (unpaired) electrons. The van der Waals surface area contributed by atoms with Gasteiger partial charge in [-0.15, -0.1) is 18.2 Å². The Morgan fingerprint density at radius 1 is 1.67 bits per heavy atom. The lowest BCUT2D eigenvalue weighted by atomic mass is 10.5. The van der Waals surface area contributed by atoms with Crippen LogP contribution in [0.3, 0.4) is 0 Å². The third-order valence-corrected chi connectivity index (χ3v) is 1.77. The van der Waals surface area contributed by atoms with Gasteiger partial charge in [0, 0.05) is 13.7 Å². The van der Waals surface area contributed by atoms with E-state index < -0.39 is 0 Å². The quantitative estimate of drug-likeness (QED) is 0.426. The first-order valence-corrected chi connectivity index (χ1v) is 4.07. The second-order valence-corrected chi connectivity index (χ2v) is 2.71. The number of rotatable bonds is 5. The summed E-state index contributed by atoms with van der Waals surface area (Å²) in [4.78, 5) is 0. The Kier molecular flexibility index (Phi) is 7.76. The third kappa shape index (κ3) is 7.87. The molecule has 0 saturated heterocycles. The van der Waals surface area contributed by atoms with E-state index in [1.165, 1.54) is 0 Å². The van der Waals surface area contributed by atoms with Crippen LogP contribution in [0.4, 0.5) is 0 Å². The van der Waals surface area contributed by atoms with E-state index in [9.17, 15) is 0 Å². The lowest BCUT2D eigenvalue weighted by molar-refractivity contribution is 0.200. The number of methoxy groups -OCH3 is 1. The summed E-state index contributed by atoms with van der Waals surface area (Å²) in [5.41, 5.74) is 0. The van der Waals surface area contributed by atoms with Gasteiger partial charge in [-0.2, -0.15) is 0 Å². The minimum absolute atomic E-state index is 0.823. The molecule has 0 heterocycles. The standard InChI is InChI=1S/C7H12OS/c1-3-6-9-7-4-5-8-2/h1H,4-7H2,2H3. The SMILES string of the molecule is C#CCSCCCOC. The van der Waals surface area contributed by atoms with Crippen molar-refractivity contribution in [2.45, 2.75) is 6.42 Å². The summed E-state index contributed by atoms with van der Waals surface area (Å²) >= 11 is 1.78. The number of thioether (sulfide) groups is 1. The third-order valence-electron chi connectivity index (χ3n) is 0.823. The Bertz CT molecular complexity index is 85.4. The van der Waals surface area contributed by atoms with E-state index in [-0.39, 0.29) is 0 Å². The molecule has 0 aromatic carbocycles. The van der Waals surface area contributed by atoms with Gasteiger partial charge in [0.1, 0.15) is 0 Å². The second-order valence-electron chi connectivity index (χ2n) is 1.60. The highest BCUT2D eigenvalue weighted by molar-refractivity contribution is 7.99. The molecule has 0 saturated carbocycles. The van der Waals surface area contributed by atoms with Crippen molar-refractivity contribution in [1.82, 2.24) is 0 Å². The topological polar surface area (TPSA) is 9.23 Å². The van der Waals surface area contributed by atoms with Crippen LogP contribution in [0.25, 0.3) is 0 Å². The first-order valence-electron chi connectivity index (χ1n) is 2.92. The average Bonchev–Trinajstić information content (AvgIpc) is 1.89. The molecule has 0 rings (SSSR count). The zero-order chi connectivity index (χ0) is 6.95. The van der Waals surface area contributed by atoms with Gasteiger partial charge in [-0.3, -0.25) is 0 Å². The zero-order valence-corrected chi connectivity index (χ0v) is 6.54. The second kappa shape index (κ2) is 7.87. The van der Waals surface area contributed by atoms with Crippen molar-refractivity contribution in [2.75, 3.05) is 25.2 Å². The van der Waals surface area contributed by atoms with Crippen LogP contribution in [0.5, 0.6) is 0 Å². The molecular formula is C7H12OS. The highest BCUT2D eigenvalue weighted by Gasteiger charge is 1.84. The molecule has 0 aromatic rings. The molecule has 9 heavy (non-hydrogen) atoms. The Morgan fingerprint density at radius 3 is 3.00 bits per heavy atom. The maximum atomic E-state index is 5.04. The molecule has 0 amide bonds. The maximum Gasteiger partial charge on any atom is 0.0544 e. The lowest BCUT2D eigenvalue weighted by Gasteiger charge is -1.95. The molecule has 0 aliphatic carbocycles.